The standard InChI is InChI=1S/C20H26/c1-5-15-9-11-17(12-10-15)20-14-13-16(6-2)18(7-3)19(20)8-4/h9-14H,5-8H2,1-4H3. The van der Waals surface area contributed by atoms with Crippen LogP contribution in [0.15, 0.2) is 36.4 Å². The average Bonchev–Trinajstić information content (AvgIpc) is 2.53. The molecule has 0 radical (unpaired) electrons. The van der Waals surface area contributed by atoms with Crippen molar-refractivity contribution in [3.8, 4) is 11.1 Å². The molecule has 0 saturated heterocycles. The fourth-order valence-corrected chi connectivity index (χ4v) is 3.11. The zero-order valence-corrected chi connectivity index (χ0v) is 13.3. The molecule has 2 aromatic carbocycles. The minimum absolute atomic E-state index is 1.11. The second kappa shape index (κ2) is 6.74. The summed E-state index contributed by atoms with van der Waals surface area (Å²) in [6.07, 6.45) is 4.48. The van der Waals surface area contributed by atoms with Gasteiger partial charge in [-0.2, -0.15) is 0 Å². The van der Waals surface area contributed by atoms with Gasteiger partial charge in [0.2, 0.25) is 0 Å². The fraction of sp³-hybridized carbons (Fsp3) is 0.400. The Bertz CT molecular complexity index is 561. The van der Waals surface area contributed by atoms with Gasteiger partial charge in [0.05, 0.1) is 0 Å². The van der Waals surface area contributed by atoms with Gasteiger partial charge < -0.3 is 0 Å². The second-order valence-electron chi connectivity index (χ2n) is 5.34. The van der Waals surface area contributed by atoms with Crippen LogP contribution in [0.1, 0.15) is 49.9 Å². The van der Waals surface area contributed by atoms with Gasteiger partial charge in [0, 0.05) is 0 Å². The third-order valence-electron chi connectivity index (χ3n) is 4.29. The Labute approximate surface area is 123 Å². The minimum atomic E-state index is 1.11. The van der Waals surface area contributed by atoms with Crippen LogP contribution in [0.5, 0.6) is 0 Å². The molecule has 0 nitrogen and oxygen atoms in total. The molecule has 0 aliphatic rings. The van der Waals surface area contributed by atoms with E-state index in [4.69, 9.17) is 0 Å². The maximum atomic E-state index is 2.32. The van der Waals surface area contributed by atoms with Crippen molar-refractivity contribution in [1.82, 2.24) is 0 Å². The van der Waals surface area contributed by atoms with E-state index in [1.54, 1.807) is 5.56 Å². The molecule has 0 amide bonds. The largest absolute Gasteiger partial charge is 0.0613 e. The van der Waals surface area contributed by atoms with Crippen molar-refractivity contribution in [3.05, 3.63) is 58.7 Å². The Morgan fingerprint density at radius 2 is 1.25 bits per heavy atom. The van der Waals surface area contributed by atoms with Gasteiger partial charge in [-0.1, -0.05) is 64.1 Å². The molecule has 20 heavy (non-hydrogen) atoms. The minimum Gasteiger partial charge on any atom is -0.0613 e. The summed E-state index contributed by atoms with van der Waals surface area (Å²) in [7, 11) is 0. The lowest BCUT2D eigenvalue weighted by Crippen LogP contribution is -2.00. The predicted octanol–water partition coefficient (Wildman–Crippen LogP) is 5.60. The van der Waals surface area contributed by atoms with Crippen LogP contribution in [0.4, 0.5) is 0 Å². The molecule has 0 atom stereocenters. The highest BCUT2D eigenvalue weighted by Crippen LogP contribution is 2.30. The molecule has 2 aromatic rings. The van der Waals surface area contributed by atoms with Gasteiger partial charge in [0.25, 0.3) is 0 Å². The SMILES string of the molecule is CCc1ccc(-c2ccc(CC)c(CC)c2CC)cc1. The Hall–Kier alpha value is -1.56. The molecule has 0 saturated carbocycles. The second-order valence-corrected chi connectivity index (χ2v) is 5.34. The van der Waals surface area contributed by atoms with Crippen LogP contribution < -0.4 is 0 Å². The van der Waals surface area contributed by atoms with Crippen LogP contribution in [-0.2, 0) is 25.7 Å². The lowest BCUT2D eigenvalue weighted by atomic mass is 9.88. The van der Waals surface area contributed by atoms with Gasteiger partial charge in [-0.25, -0.2) is 0 Å². The van der Waals surface area contributed by atoms with Crippen LogP contribution in [0, 0.1) is 0 Å². The van der Waals surface area contributed by atoms with Crippen molar-refractivity contribution < 1.29 is 0 Å². The van der Waals surface area contributed by atoms with Crippen molar-refractivity contribution in [1.29, 1.82) is 0 Å². The molecule has 0 spiro atoms. The van der Waals surface area contributed by atoms with E-state index in [1.165, 1.54) is 27.8 Å². The number of aryl methyl sites for hydroxylation is 2. The molecule has 0 aliphatic heterocycles. The maximum absolute atomic E-state index is 2.32. The van der Waals surface area contributed by atoms with Crippen LogP contribution in [0.25, 0.3) is 11.1 Å². The zero-order chi connectivity index (χ0) is 14.5. The molecule has 0 aliphatic carbocycles. The molecule has 0 heteroatoms. The van der Waals surface area contributed by atoms with E-state index in [9.17, 15) is 0 Å². The lowest BCUT2D eigenvalue weighted by Gasteiger charge is -2.17. The van der Waals surface area contributed by atoms with E-state index in [0.717, 1.165) is 25.7 Å². The van der Waals surface area contributed by atoms with E-state index in [-0.39, 0.29) is 0 Å². The first-order chi connectivity index (χ1) is 9.74. The molecule has 0 bridgehead atoms. The van der Waals surface area contributed by atoms with Crippen LogP contribution >= 0.6 is 0 Å². The molecule has 106 valence electrons. The quantitative estimate of drug-likeness (QED) is 0.660. The van der Waals surface area contributed by atoms with Crippen molar-refractivity contribution in [2.24, 2.45) is 0 Å². The van der Waals surface area contributed by atoms with Crippen molar-refractivity contribution in [2.75, 3.05) is 0 Å². The predicted molar refractivity (Wildman–Crippen MR) is 89.4 cm³/mol. The van der Waals surface area contributed by atoms with E-state index < -0.39 is 0 Å². The highest BCUT2D eigenvalue weighted by Gasteiger charge is 2.11. The van der Waals surface area contributed by atoms with Gasteiger partial charge in [0.15, 0.2) is 0 Å². The topological polar surface area (TPSA) is 0 Å². The Balaban J connectivity index is 2.55. The van der Waals surface area contributed by atoms with Crippen molar-refractivity contribution in [2.45, 2.75) is 53.4 Å². The summed E-state index contributed by atoms with van der Waals surface area (Å²) in [6, 6.07) is 13.7. The lowest BCUT2D eigenvalue weighted by molar-refractivity contribution is 0.983. The molecular weight excluding hydrogens is 240 g/mol. The number of rotatable bonds is 5. The summed E-state index contributed by atoms with van der Waals surface area (Å²) < 4.78 is 0. The monoisotopic (exact) mass is 266 g/mol. The highest BCUT2D eigenvalue weighted by atomic mass is 14.2. The molecule has 0 heterocycles. The first kappa shape index (κ1) is 14.8. The molecule has 0 unspecified atom stereocenters. The number of hydrogen-bond acceptors (Lipinski definition) is 0. The van der Waals surface area contributed by atoms with Gasteiger partial charge in [-0.3, -0.25) is 0 Å². The van der Waals surface area contributed by atoms with E-state index in [0.29, 0.717) is 0 Å². The fourth-order valence-electron chi connectivity index (χ4n) is 3.11. The smallest absolute Gasteiger partial charge is 0.0149 e. The first-order valence-corrected chi connectivity index (χ1v) is 7.97. The normalized spacial score (nSPS) is 10.8. The Morgan fingerprint density at radius 3 is 1.75 bits per heavy atom. The van der Waals surface area contributed by atoms with Crippen LogP contribution in [0.3, 0.4) is 0 Å². The van der Waals surface area contributed by atoms with Crippen LogP contribution in [0.2, 0.25) is 0 Å². The third-order valence-corrected chi connectivity index (χ3v) is 4.29. The van der Waals surface area contributed by atoms with Gasteiger partial charge >= 0.3 is 0 Å². The van der Waals surface area contributed by atoms with Crippen LogP contribution in [-0.4, -0.2) is 0 Å². The maximum Gasteiger partial charge on any atom is -0.0149 e. The average molecular weight is 266 g/mol. The summed E-state index contributed by atoms with van der Waals surface area (Å²) in [5.41, 5.74) is 8.80. The highest BCUT2D eigenvalue weighted by molar-refractivity contribution is 5.70. The zero-order valence-electron chi connectivity index (χ0n) is 13.3. The van der Waals surface area contributed by atoms with Crippen molar-refractivity contribution >= 4 is 0 Å². The van der Waals surface area contributed by atoms with Gasteiger partial charge in [0.1, 0.15) is 0 Å². The van der Waals surface area contributed by atoms with E-state index in [1.807, 2.05) is 0 Å². The summed E-state index contributed by atoms with van der Waals surface area (Å²) in [5.74, 6) is 0. The Kier molecular flexibility index (Phi) is 5.00. The number of benzene rings is 2. The molecule has 0 aromatic heterocycles. The van der Waals surface area contributed by atoms with E-state index >= 15 is 0 Å². The van der Waals surface area contributed by atoms with E-state index in [2.05, 4.69) is 64.1 Å². The summed E-state index contributed by atoms with van der Waals surface area (Å²) in [4.78, 5) is 0. The summed E-state index contributed by atoms with van der Waals surface area (Å²) in [6.45, 7) is 9.01. The van der Waals surface area contributed by atoms with Gasteiger partial charge in [-0.05, 0) is 59.1 Å². The molecule has 0 fully saturated rings. The first-order valence-electron chi connectivity index (χ1n) is 7.97. The Morgan fingerprint density at radius 1 is 0.600 bits per heavy atom. The summed E-state index contributed by atoms with van der Waals surface area (Å²) >= 11 is 0. The molecule has 0 N–H and O–H groups in total. The number of hydrogen-bond donors (Lipinski definition) is 0. The van der Waals surface area contributed by atoms with Gasteiger partial charge in [-0.15, -0.1) is 0 Å². The third kappa shape index (κ3) is 2.80. The van der Waals surface area contributed by atoms with Crippen molar-refractivity contribution in [3.63, 3.8) is 0 Å². The summed E-state index contributed by atoms with van der Waals surface area (Å²) in [5, 5.41) is 0. The molecular formula is C20H26. The molecule has 2 rings (SSSR count).